The van der Waals surface area contributed by atoms with Gasteiger partial charge in [-0.25, -0.2) is 4.98 Å². The van der Waals surface area contributed by atoms with Crippen LogP contribution >= 0.6 is 11.8 Å². The fraction of sp³-hybridized carbons (Fsp3) is 0.435. The Labute approximate surface area is 186 Å². The van der Waals surface area contributed by atoms with Crippen LogP contribution in [0.25, 0.3) is 11.1 Å². The summed E-state index contributed by atoms with van der Waals surface area (Å²) in [7, 11) is 1.63. The summed E-state index contributed by atoms with van der Waals surface area (Å²) in [5.41, 5.74) is 2.38. The van der Waals surface area contributed by atoms with Gasteiger partial charge < -0.3 is 19.1 Å². The number of benzene rings is 1. The predicted octanol–water partition coefficient (Wildman–Crippen LogP) is 3.47. The van der Waals surface area contributed by atoms with Crippen molar-refractivity contribution in [2.75, 3.05) is 57.3 Å². The second kappa shape index (κ2) is 10.0. The van der Waals surface area contributed by atoms with Crippen LogP contribution in [0.3, 0.4) is 0 Å². The van der Waals surface area contributed by atoms with Crippen LogP contribution in [0, 0.1) is 28.6 Å². The van der Waals surface area contributed by atoms with Crippen molar-refractivity contribution in [3.63, 3.8) is 0 Å². The number of nitriles is 2. The highest BCUT2D eigenvalue weighted by Gasteiger charge is 2.28. The predicted molar refractivity (Wildman–Crippen MR) is 118 cm³/mol. The van der Waals surface area contributed by atoms with E-state index >= 15 is 0 Å². The molecule has 0 saturated carbocycles. The number of anilines is 1. The van der Waals surface area contributed by atoms with Crippen LogP contribution in [-0.2, 0) is 9.47 Å². The second-order valence-electron chi connectivity index (χ2n) is 7.51. The minimum Gasteiger partial charge on any atom is -0.491 e. The molecule has 0 radical (unpaired) electrons. The molecule has 0 spiro atoms. The van der Waals surface area contributed by atoms with E-state index in [9.17, 15) is 10.5 Å². The van der Waals surface area contributed by atoms with Crippen LogP contribution in [0.1, 0.15) is 17.5 Å². The quantitative estimate of drug-likeness (QED) is 0.436. The first kappa shape index (κ1) is 21.5. The molecule has 2 aliphatic heterocycles. The normalized spacial score (nSPS) is 15.5. The van der Waals surface area contributed by atoms with Gasteiger partial charge >= 0.3 is 0 Å². The minimum absolute atomic E-state index is 0.458. The maximum Gasteiger partial charge on any atom is 0.148 e. The highest BCUT2D eigenvalue weighted by atomic mass is 32.2. The Balaban J connectivity index is 1.73. The molecule has 4 rings (SSSR count). The molecule has 1 aromatic carbocycles. The molecular weight excluding hydrogens is 412 g/mol. The molecule has 2 aliphatic rings. The smallest absolute Gasteiger partial charge is 0.148 e. The maximum atomic E-state index is 10.0. The third-order valence-corrected chi connectivity index (χ3v) is 6.59. The number of hydrogen-bond donors (Lipinski definition) is 0. The van der Waals surface area contributed by atoms with E-state index in [1.54, 1.807) is 18.9 Å². The summed E-state index contributed by atoms with van der Waals surface area (Å²) in [5, 5.41) is 20.7. The van der Waals surface area contributed by atoms with Crippen LogP contribution in [0.5, 0.6) is 5.75 Å². The number of pyridine rings is 1. The number of thioether (sulfide) groups is 1. The lowest BCUT2D eigenvalue weighted by Gasteiger charge is -2.34. The summed E-state index contributed by atoms with van der Waals surface area (Å²) in [6.45, 7) is 4.22. The molecule has 0 unspecified atom stereocenters. The van der Waals surface area contributed by atoms with Crippen LogP contribution in [-0.4, -0.2) is 57.4 Å². The van der Waals surface area contributed by atoms with Crippen molar-refractivity contribution in [3.05, 3.63) is 35.4 Å². The number of methoxy groups -OCH3 is 1. The molecule has 31 heavy (non-hydrogen) atoms. The lowest BCUT2D eigenvalue weighted by Crippen LogP contribution is -2.38. The standard InChI is InChI=1S/C23H24N4O3S/c1-28-9-10-30-18-5-3-17(4-6-18)21-19(11-24)22(27-7-2-8-27)26-23(20(21)12-25)31-15-16-13-29-14-16/h3-6,16H,2,7-10,13-15H2,1H3. The molecule has 8 heteroatoms. The Hall–Kier alpha value is -2.78. The van der Waals surface area contributed by atoms with Crippen LogP contribution < -0.4 is 9.64 Å². The highest BCUT2D eigenvalue weighted by molar-refractivity contribution is 7.99. The average Bonchev–Trinajstić information content (AvgIpc) is 2.71. The number of hydrogen-bond acceptors (Lipinski definition) is 8. The fourth-order valence-corrected chi connectivity index (χ4v) is 4.48. The number of aromatic nitrogens is 1. The Kier molecular flexibility index (Phi) is 6.93. The van der Waals surface area contributed by atoms with E-state index in [0.717, 1.165) is 49.8 Å². The Morgan fingerprint density at radius 2 is 1.87 bits per heavy atom. The number of ether oxygens (including phenoxy) is 3. The van der Waals surface area contributed by atoms with Crippen molar-refractivity contribution in [1.29, 1.82) is 10.5 Å². The van der Waals surface area contributed by atoms with Crippen LogP contribution in [0.15, 0.2) is 29.3 Å². The second-order valence-corrected chi connectivity index (χ2v) is 8.52. The van der Waals surface area contributed by atoms with E-state index in [1.807, 2.05) is 24.3 Å². The van der Waals surface area contributed by atoms with Crippen molar-refractivity contribution < 1.29 is 14.2 Å². The maximum absolute atomic E-state index is 10.0. The topological polar surface area (TPSA) is 91.4 Å². The Morgan fingerprint density at radius 1 is 1.13 bits per heavy atom. The van der Waals surface area contributed by atoms with Crippen LogP contribution in [0.2, 0.25) is 0 Å². The number of rotatable bonds is 9. The summed E-state index contributed by atoms with van der Waals surface area (Å²) >= 11 is 1.58. The lowest BCUT2D eigenvalue weighted by molar-refractivity contribution is -0.0196. The van der Waals surface area contributed by atoms with Gasteiger partial charge in [0.15, 0.2) is 0 Å². The molecule has 160 valence electrons. The van der Waals surface area contributed by atoms with Gasteiger partial charge in [-0.3, -0.25) is 0 Å². The fourth-order valence-electron chi connectivity index (χ4n) is 3.45. The molecule has 0 amide bonds. The first-order valence-electron chi connectivity index (χ1n) is 10.3. The van der Waals surface area contributed by atoms with E-state index in [-0.39, 0.29) is 0 Å². The van der Waals surface area contributed by atoms with Crippen molar-refractivity contribution >= 4 is 17.6 Å². The summed E-state index contributed by atoms with van der Waals surface area (Å²) in [4.78, 5) is 6.90. The van der Waals surface area contributed by atoms with Gasteiger partial charge in [-0.2, -0.15) is 10.5 Å². The van der Waals surface area contributed by atoms with Gasteiger partial charge in [0, 0.05) is 37.4 Å². The van der Waals surface area contributed by atoms with Crippen molar-refractivity contribution in [2.45, 2.75) is 11.4 Å². The van der Waals surface area contributed by atoms with Gasteiger partial charge in [0.1, 0.15) is 40.9 Å². The minimum atomic E-state index is 0.458. The first-order valence-corrected chi connectivity index (χ1v) is 11.3. The van der Waals surface area contributed by atoms with Crippen LogP contribution in [0.4, 0.5) is 5.82 Å². The van der Waals surface area contributed by atoms with Crippen molar-refractivity contribution in [1.82, 2.24) is 4.98 Å². The molecule has 2 aromatic rings. The molecule has 0 atom stereocenters. The van der Waals surface area contributed by atoms with Crippen molar-refractivity contribution in [2.24, 2.45) is 5.92 Å². The zero-order chi connectivity index (χ0) is 21.6. The highest BCUT2D eigenvalue weighted by Crippen LogP contribution is 2.39. The number of nitrogens with zero attached hydrogens (tertiary/aromatic N) is 4. The van der Waals surface area contributed by atoms with E-state index in [0.29, 0.717) is 46.7 Å². The van der Waals surface area contributed by atoms with Gasteiger partial charge in [0.2, 0.25) is 0 Å². The Bertz CT molecular complexity index is 1010. The molecule has 3 heterocycles. The zero-order valence-corrected chi connectivity index (χ0v) is 18.3. The van der Waals surface area contributed by atoms with Gasteiger partial charge in [0.25, 0.3) is 0 Å². The van der Waals surface area contributed by atoms with E-state index in [2.05, 4.69) is 17.0 Å². The monoisotopic (exact) mass is 436 g/mol. The molecule has 0 aliphatic carbocycles. The first-order chi connectivity index (χ1) is 15.2. The van der Waals surface area contributed by atoms with E-state index in [1.165, 1.54) is 0 Å². The van der Waals surface area contributed by atoms with Gasteiger partial charge in [-0.15, -0.1) is 11.8 Å². The average molecular weight is 437 g/mol. The van der Waals surface area contributed by atoms with Gasteiger partial charge in [0.05, 0.1) is 25.4 Å². The summed E-state index contributed by atoms with van der Waals surface area (Å²) < 4.78 is 15.9. The van der Waals surface area contributed by atoms with Gasteiger partial charge in [-0.05, 0) is 24.1 Å². The summed E-state index contributed by atoms with van der Waals surface area (Å²) in [5.74, 6) is 2.72. The molecule has 7 nitrogen and oxygen atoms in total. The largest absolute Gasteiger partial charge is 0.491 e. The molecule has 0 N–H and O–H groups in total. The molecule has 2 fully saturated rings. The Morgan fingerprint density at radius 3 is 2.42 bits per heavy atom. The zero-order valence-electron chi connectivity index (χ0n) is 17.5. The SMILES string of the molecule is COCCOc1ccc(-c2c(C#N)c(SCC3COC3)nc(N3CCC3)c2C#N)cc1. The molecule has 2 saturated heterocycles. The third-order valence-electron chi connectivity index (χ3n) is 5.39. The molecule has 0 bridgehead atoms. The lowest BCUT2D eigenvalue weighted by atomic mass is 9.96. The molecule has 1 aromatic heterocycles. The summed E-state index contributed by atoms with van der Waals surface area (Å²) in [6, 6.07) is 12.2. The third kappa shape index (κ3) is 4.62. The van der Waals surface area contributed by atoms with Gasteiger partial charge in [-0.1, -0.05) is 12.1 Å². The van der Waals surface area contributed by atoms with Crippen molar-refractivity contribution in [3.8, 4) is 29.0 Å². The summed E-state index contributed by atoms with van der Waals surface area (Å²) in [6.07, 6.45) is 1.08. The molecular formula is C23H24N4O3S. The van der Waals surface area contributed by atoms with E-state index < -0.39 is 0 Å². The van der Waals surface area contributed by atoms with E-state index in [4.69, 9.17) is 19.2 Å².